The molecule has 1 aromatic heterocycles. The number of alkyl halides is 3. The molecule has 0 N–H and O–H groups in total. The van der Waals surface area contributed by atoms with Gasteiger partial charge in [0.1, 0.15) is 5.69 Å². The third kappa shape index (κ3) is 3.68. The number of allylic oxidation sites excluding steroid dienone is 1. The Morgan fingerprint density at radius 3 is 2.59 bits per heavy atom. The molecule has 2 heterocycles. The second-order valence-electron chi connectivity index (χ2n) is 7.97. The summed E-state index contributed by atoms with van der Waals surface area (Å²) in [5.41, 5.74) is 2.79. The van der Waals surface area contributed by atoms with Crippen LogP contribution in [0.2, 0.25) is 0 Å². The van der Waals surface area contributed by atoms with Gasteiger partial charge < -0.3 is 14.2 Å². The first kappa shape index (κ1) is 22.0. The van der Waals surface area contributed by atoms with Gasteiger partial charge in [-0.25, -0.2) is 9.48 Å². The molecule has 0 saturated carbocycles. The zero-order chi connectivity index (χ0) is 24.0. The van der Waals surface area contributed by atoms with Gasteiger partial charge in [-0.15, -0.1) is 5.10 Å². The Balaban J connectivity index is 1.60. The molecule has 0 spiro atoms. The highest BCUT2D eigenvalue weighted by Gasteiger charge is 2.36. The van der Waals surface area contributed by atoms with Crippen molar-refractivity contribution in [1.29, 1.82) is 0 Å². The molecule has 0 fully saturated rings. The van der Waals surface area contributed by atoms with Crippen LogP contribution >= 0.6 is 0 Å². The molecule has 0 amide bonds. The van der Waals surface area contributed by atoms with Crippen molar-refractivity contribution in [2.45, 2.75) is 32.4 Å². The number of halogens is 3. The summed E-state index contributed by atoms with van der Waals surface area (Å²) in [4.78, 5) is 12.9. The van der Waals surface area contributed by atoms with Crippen molar-refractivity contribution in [3.8, 4) is 17.2 Å². The minimum absolute atomic E-state index is 0.123. The smallest absolute Gasteiger partial charge is 0.416 e. The topological polar surface area (TPSA) is 75.5 Å². The first-order valence-electron chi connectivity index (χ1n) is 10.7. The zero-order valence-electron chi connectivity index (χ0n) is 18.3. The molecule has 1 aliphatic carbocycles. The van der Waals surface area contributed by atoms with Crippen molar-refractivity contribution in [2.24, 2.45) is 0 Å². The third-order valence-electron chi connectivity index (χ3n) is 6.00. The van der Waals surface area contributed by atoms with E-state index in [1.807, 2.05) is 12.1 Å². The fraction of sp³-hybridized carbons (Fsp3) is 0.292. The molecule has 1 unspecified atom stereocenters. The Morgan fingerprint density at radius 2 is 1.88 bits per heavy atom. The van der Waals surface area contributed by atoms with E-state index in [1.54, 1.807) is 19.9 Å². The summed E-state index contributed by atoms with van der Waals surface area (Å²) in [6.45, 7) is 3.85. The number of benzene rings is 2. The molecule has 2 aliphatic rings. The summed E-state index contributed by atoms with van der Waals surface area (Å²) in [6, 6.07) is 10.2. The SMILES string of the molecule is CCOC(=O)C1=C(C)c2nnn(-c3ccc(C(F)(F)F)cc3)c2CC1c1ccc2c(c1)OCO2. The minimum atomic E-state index is -4.43. The van der Waals surface area contributed by atoms with Crippen LogP contribution in [0.5, 0.6) is 11.5 Å². The van der Waals surface area contributed by atoms with Crippen LogP contribution in [0.4, 0.5) is 13.2 Å². The number of ether oxygens (including phenoxy) is 3. The largest absolute Gasteiger partial charge is 0.463 e. The Morgan fingerprint density at radius 1 is 1.15 bits per heavy atom. The molecule has 34 heavy (non-hydrogen) atoms. The van der Waals surface area contributed by atoms with Crippen LogP contribution in [0.3, 0.4) is 0 Å². The monoisotopic (exact) mass is 471 g/mol. The molecule has 2 aromatic carbocycles. The molecule has 5 rings (SSSR count). The van der Waals surface area contributed by atoms with Gasteiger partial charge in [-0.1, -0.05) is 11.3 Å². The molecule has 0 saturated heterocycles. The predicted octanol–water partition coefficient (Wildman–Crippen LogP) is 4.69. The van der Waals surface area contributed by atoms with E-state index in [2.05, 4.69) is 10.3 Å². The van der Waals surface area contributed by atoms with E-state index in [4.69, 9.17) is 14.2 Å². The van der Waals surface area contributed by atoms with Crippen molar-refractivity contribution in [2.75, 3.05) is 13.4 Å². The lowest BCUT2D eigenvalue weighted by molar-refractivity contribution is -0.139. The lowest BCUT2D eigenvalue weighted by atomic mass is 9.79. The Kier molecular flexibility index (Phi) is 5.30. The molecule has 0 radical (unpaired) electrons. The summed E-state index contributed by atoms with van der Waals surface area (Å²) in [5.74, 6) is 0.360. The fourth-order valence-corrected chi connectivity index (χ4v) is 4.38. The standard InChI is InChI=1S/C24H20F3N3O4/c1-3-32-23(31)21-13(2)22-18(11-17(21)14-4-9-19-20(10-14)34-12-33-19)30(29-28-22)16-7-5-15(6-8-16)24(25,26)27/h4-10,17H,3,11-12H2,1-2H3. The number of hydrogen-bond acceptors (Lipinski definition) is 6. The van der Waals surface area contributed by atoms with Gasteiger partial charge in [-0.2, -0.15) is 13.2 Å². The molecule has 10 heteroatoms. The summed E-state index contributed by atoms with van der Waals surface area (Å²) < 4.78 is 56.8. The summed E-state index contributed by atoms with van der Waals surface area (Å²) in [7, 11) is 0. The maximum absolute atomic E-state index is 13.0. The maximum atomic E-state index is 13.0. The normalized spacial score (nSPS) is 17.0. The Hall–Kier alpha value is -3.82. The van der Waals surface area contributed by atoms with Crippen LogP contribution < -0.4 is 9.47 Å². The van der Waals surface area contributed by atoms with Crippen LogP contribution in [0, 0.1) is 0 Å². The highest BCUT2D eigenvalue weighted by atomic mass is 19.4. The van der Waals surface area contributed by atoms with Gasteiger partial charge >= 0.3 is 12.1 Å². The number of esters is 1. The molecule has 1 aliphatic heterocycles. The quantitative estimate of drug-likeness (QED) is 0.514. The highest BCUT2D eigenvalue weighted by molar-refractivity contribution is 5.99. The van der Waals surface area contributed by atoms with Crippen LogP contribution in [-0.4, -0.2) is 34.4 Å². The molecule has 176 valence electrons. The van der Waals surface area contributed by atoms with Crippen molar-refractivity contribution >= 4 is 11.5 Å². The molecule has 1 atom stereocenters. The second kappa shape index (κ2) is 8.19. The van der Waals surface area contributed by atoms with E-state index in [1.165, 1.54) is 16.8 Å². The van der Waals surface area contributed by atoms with Crippen LogP contribution in [0.1, 0.15) is 42.3 Å². The van der Waals surface area contributed by atoms with Crippen molar-refractivity contribution in [1.82, 2.24) is 15.0 Å². The average molecular weight is 471 g/mol. The average Bonchev–Trinajstić information content (AvgIpc) is 3.45. The highest BCUT2D eigenvalue weighted by Crippen LogP contribution is 2.43. The van der Waals surface area contributed by atoms with E-state index in [0.717, 1.165) is 17.7 Å². The molecule has 0 bridgehead atoms. The van der Waals surface area contributed by atoms with E-state index < -0.39 is 23.6 Å². The van der Waals surface area contributed by atoms with Crippen molar-refractivity contribution in [3.05, 3.63) is 70.6 Å². The minimum Gasteiger partial charge on any atom is -0.463 e. The Bertz CT molecular complexity index is 1300. The van der Waals surface area contributed by atoms with Gasteiger partial charge in [0.25, 0.3) is 0 Å². The fourth-order valence-electron chi connectivity index (χ4n) is 4.38. The lowest BCUT2D eigenvalue weighted by Crippen LogP contribution is -2.23. The summed E-state index contributed by atoms with van der Waals surface area (Å²) >= 11 is 0. The van der Waals surface area contributed by atoms with E-state index in [9.17, 15) is 18.0 Å². The number of rotatable bonds is 4. The predicted molar refractivity (Wildman–Crippen MR) is 115 cm³/mol. The number of aromatic nitrogens is 3. The van der Waals surface area contributed by atoms with Gasteiger partial charge in [-0.05, 0) is 61.4 Å². The van der Waals surface area contributed by atoms with E-state index in [-0.39, 0.29) is 13.4 Å². The van der Waals surface area contributed by atoms with Gasteiger partial charge in [0, 0.05) is 12.3 Å². The number of carbonyl (C=O) groups is 1. The van der Waals surface area contributed by atoms with E-state index in [0.29, 0.717) is 46.1 Å². The number of hydrogen-bond donors (Lipinski definition) is 0. The number of fused-ring (bicyclic) bond motifs is 2. The van der Waals surface area contributed by atoms with Gasteiger partial charge in [0.15, 0.2) is 11.5 Å². The van der Waals surface area contributed by atoms with Gasteiger partial charge in [0.05, 0.1) is 29.1 Å². The summed E-state index contributed by atoms with van der Waals surface area (Å²) in [5, 5.41) is 8.43. The number of nitrogens with zero attached hydrogens (tertiary/aromatic N) is 3. The molecular weight excluding hydrogens is 451 g/mol. The third-order valence-corrected chi connectivity index (χ3v) is 6.00. The van der Waals surface area contributed by atoms with Crippen LogP contribution in [0.15, 0.2) is 48.0 Å². The number of carbonyl (C=O) groups excluding carboxylic acids is 1. The van der Waals surface area contributed by atoms with Crippen molar-refractivity contribution < 1.29 is 32.2 Å². The van der Waals surface area contributed by atoms with Crippen LogP contribution in [0.25, 0.3) is 11.3 Å². The first-order chi connectivity index (χ1) is 16.3. The Labute approximate surface area is 192 Å². The first-order valence-corrected chi connectivity index (χ1v) is 10.7. The van der Waals surface area contributed by atoms with Crippen molar-refractivity contribution in [3.63, 3.8) is 0 Å². The van der Waals surface area contributed by atoms with Gasteiger partial charge in [0.2, 0.25) is 6.79 Å². The molecule has 7 nitrogen and oxygen atoms in total. The summed E-state index contributed by atoms with van der Waals surface area (Å²) in [6.07, 6.45) is -4.09. The lowest BCUT2D eigenvalue weighted by Gasteiger charge is -2.26. The zero-order valence-corrected chi connectivity index (χ0v) is 18.3. The molecule has 3 aromatic rings. The second-order valence-corrected chi connectivity index (χ2v) is 7.97. The maximum Gasteiger partial charge on any atom is 0.416 e. The van der Waals surface area contributed by atoms with Crippen LogP contribution in [-0.2, 0) is 22.1 Å². The van der Waals surface area contributed by atoms with Gasteiger partial charge in [-0.3, -0.25) is 0 Å². The molecular formula is C24H20F3N3O4. The van der Waals surface area contributed by atoms with E-state index >= 15 is 0 Å².